The molecule has 0 fully saturated rings. The normalized spacial score (nSPS) is 14.7. The second-order valence-corrected chi connectivity index (χ2v) is 6.47. The van der Waals surface area contributed by atoms with Crippen LogP contribution in [0.25, 0.3) is 11.6 Å². The van der Waals surface area contributed by atoms with E-state index in [0.29, 0.717) is 54.5 Å². The van der Waals surface area contributed by atoms with E-state index in [0.717, 1.165) is 0 Å². The molecule has 1 aromatic carbocycles. The lowest BCUT2D eigenvalue weighted by Crippen LogP contribution is -2.35. The van der Waals surface area contributed by atoms with Gasteiger partial charge in [0.25, 0.3) is 5.56 Å². The minimum absolute atomic E-state index is 0.241. The van der Waals surface area contributed by atoms with Gasteiger partial charge in [-0.1, -0.05) is 12.1 Å². The summed E-state index contributed by atoms with van der Waals surface area (Å²) < 4.78 is 46.4. The van der Waals surface area contributed by atoms with Crippen LogP contribution < -0.4 is 10.3 Å². The van der Waals surface area contributed by atoms with Crippen molar-refractivity contribution in [3.63, 3.8) is 0 Å². The molecule has 28 heavy (non-hydrogen) atoms. The number of furan rings is 1. The largest absolute Gasteiger partial charge is 0.573 e. The van der Waals surface area contributed by atoms with Crippen LogP contribution in [0.2, 0.25) is 0 Å². The van der Waals surface area contributed by atoms with E-state index in [1.807, 2.05) is 4.90 Å². The van der Waals surface area contributed by atoms with E-state index in [9.17, 15) is 18.0 Å². The number of halogens is 3. The molecule has 3 heterocycles. The molecule has 0 saturated carbocycles. The van der Waals surface area contributed by atoms with E-state index in [-0.39, 0.29) is 11.3 Å². The van der Waals surface area contributed by atoms with Crippen molar-refractivity contribution in [1.82, 2.24) is 14.9 Å². The highest BCUT2D eigenvalue weighted by atomic mass is 19.4. The van der Waals surface area contributed by atoms with Crippen molar-refractivity contribution in [2.24, 2.45) is 0 Å². The summed E-state index contributed by atoms with van der Waals surface area (Å²) in [4.78, 5) is 21.7. The van der Waals surface area contributed by atoms with Crippen molar-refractivity contribution in [3.05, 3.63) is 69.8 Å². The molecule has 9 heteroatoms. The molecule has 1 aliphatic heterocycles. The van der Waals surface area contributed by atoms with Crippen LogP contribution in [0.15, 0.2) is 51.9 Å². The standard InChI is InChI=1S/C19H16F3N3O3/c20-19(21,22)28-13-4-1-3-12(9-13)10-25-7-6-15-14(11-25)18(26)24-17(23-15)16-5-2-8-27-16/h1-5,8-9H,6-7,10-11H2,(H,23,24,26). The molecule has 1 N–H and O–H groups in total. The monoisotopic (exact) mass is 391 g/mol. The molecule has 146 valence electrons. The Balaban J connectivity index is 1.50. The van der Waals surface area contributed by atoms with Gasteiger partial charge in [-0.3, -0.25) is 9.69 Å². The van der Waals surface area contributed by atoms with Gasteiger partial charge in [0.15, 0.2) is 11.6 Å². The summed E-state index contributed by atoms with van der Waals surface area (Å²) in [7, 11) is 0. The Hall–Kier alpha value is -3.07. The first-order chi connectivity index (χ1) is 13.4. The Morgan fingerprint density at radius 3 is 2.86 bits per heavy atom. The van der Waals surface area contributed by atoms with E-state index in [2.05, 4.69) is 14.7 Å². The Kier molecular flexibility index (Phi) is 4.68. The van der Waals surface area contributed by atoms with E-state index in [4.69, 9.17) is 4.42 Å². The summed E-state index contributed by atoms with van der Waals surface area (Å²) >= 11 is 0. The van der Waals surface area contributed by atoms with Crippen molar-refractivity contribution < 1.29 is 22.3 Å². The maximum Gasteiger partial charge on any atom is 0.573 e. The molecule has 3 aromatic rings. The maximum atomic E-state index is 12.5. The van der Waals surface area contributed by atoms with Gasteiger partial charge in [0, 0.05) is 26.1 Å². The molecule has 0 saturated heterocycles. The lowest BCUT2D eigenvalue weighted by molar-refractivity contribution is -0.274. The average molecular weight is 391 g/mol. The summed E-state index contributed by atoms with van der Waals surface area (Å²) in [5, 5.41) is 0. The zero-order chi connectivity index (χ0) is 19.7. The lowest BCUT2D eigenvalue weighted by Gasteiger charge is -2.27. The first kappa shape index (κ1) is 18.3. The van der Waals surface area contributed by atoms with Gasteiger partial charge in [0.1, 0.15) is 5.75 Å². The number of nitrogens with zero attached hydrogens (tertiary/aromatic N) is 2. The predicted octanol–water partition coefficient (Wildman–Crippen LogP) is 3.49. The van der Waals surface area contributed by atoms with Crippen LogP contribution >= 0.6 is 0 Å². The number of benzene rings is 1. The van der Waals surface area contributed by atoms with Gasteiger partial charge in [-0.15, -0.1) is 13.2 Å². The van der Waals surface area contributed by atoms with E-state index >= 15 is 0 Å². The predicted molar refractivity (Wildman–Crippen MR) is 93.5 cm³/mol. The SMILES string of the molecule is O=c1[nH]c(-c2ccco2)nc2c1CN(Cc1cccc(OC(F)(F)F)c1)CC2. The number of rotatable bonds is 4. The van der Waals surface area contributed by atoms with Crippen molar-refractivity contribution in [3.8, 4) is 17.3 Å². The molecule has 0 radical (unpaired) electrons. The average Bonchev–Trinajstić information content (AvgIpc) is 3.16. The summed E-state index contributed by atoms with van der Waals surface area (Å²) in [5.41, 5.74) is 1.70. The van der Waals surface area contributed by atoms with Crippen LogP contribution in [0.4, 0.5) is 13.2 Å². The zero-order valence-electron chi connectivity index (χ0n) is 14.6. The highest BCUT2D eigenvalue weighted by Gasteiger charge is 2.31. The van der Waals surface area contributed by atoms with Crippen LogP contribution in [0, 0.1) is 0 Å². The highest BCUT2D eigenvalue weighted by molar-refractivity contribution is 5.47. The van der Waals surface area contributed by atoms with Crippen LogP contribution in [-0.2, 0) is 19.5 Å². The van der Waals surface area contributed by atoms with Gasteiger partial charge in [-0.2, -0.15) is 0 Å². The fourth-order valence-electron chi connectivity index (χ4n) is 3.25. The molecule has 0 spiro atoms. The molecule has 0 bridgehead atoms. The lowest BCUT2D eigenvalue weighted by atomic mass is 10.1. The minimum Gasteiger partial charge on any atom is -0.461 e. The van der Waals surface area contributed by atoms with Crippen LogP contribution in [-0.4, -0.2) is 27.8 Å². The molecule has 4 rings (SSSR count). The third-order valence-corrected chi connectivity index (χ3v) is 4.44. The van der Waals surface area contributed by atoms with Gasteiger partial charge in [0.05, 0.1) is 17.5 Å². The maximum absolute atomic E-state index is 12.5. The minimum atomic E-state index is -4.73. The summed E-state index contributed by atoms with van der Waals surface area (Å²) in [5.74, 6) is 0.619. The van der Waals surface area contributed by atoms with E-state index in [1.54, 1.807) is 18.2 Å². The Morgan fingerprint density at radius 1 is 1.25 bits per heavy atom. The van der Waals surface area contributed by atoms with Crippen molar-refractivity contribution in [1.29, 1.82) is 0 Å². The van der Waals surface area contributed by atoms with Crippen LogP contribution in [0.3, 0.4) is 0 Å². The number of alkyl halides is 3. The molecule has 1 aliphatic rings. The topological polar surface area (TPSA) is 71.4 Å². The second kappa shape index (κ2) is 7.16. The number of aromatic nitrogens is 2. The summed E-state index contributed by atoms with van der Waals surface area (Å²) in [6.45, 7) is 1.39. The van der Waals surface area contributed by atoms with Gasteiger partial charge in [-0.25, -0.2) is 4.98 Å². The van der Waals surface area contributed by atoms with E-state index < -0.39 is 6.36 Å². The number of ether oxygens (including phenoxy) is 1. The quantitative estimate of drug-likeness (QED) is 0.737. The third kappa shape index (κ3) is 4.09. The third-order valence-electron chi connectivity index (χ3n) is 4.44. The number of H-pyrrole nitrogens is 1. The highest BCUT2D eigenvalue weighted by Crippen LogP contribution is 2.25. The molecular weight excluding hydrogens is 375 g/mol. The zero-order valence-corrected chi connectivity index (χ0v) is 14.6. The number of aromatic amines is 1. The van der Waals surface area contributed by atoms with Crippen molar-refractivity contribution in [2.75, 3.05) is 6.54 Å². The second-order valence-electron chi connectivity index (χ2n) is 6.47. The Labute approximate surface area is 157 Å². The molecular formula is C19H16F3N3O3. The molecule has 0 atom stereocenters. The molecule has 6 nitrogen and oxygen atoms in total. The van der Waals surface area contributed by atoms with Crippen molar-refractivity contribution >= 4 is 0 Å². The Morgan fingerprint density at radius 2 is 2.11 bits per heavy atom. The summed E-state index contributed by atoms with van der Waals surface area (Å²) in [6, 6.07) is 9.28. The van der Waals surface area contributed by atoms with E-state index in [1.165, 1.54) is 24.5 Å². The summed E-state index contributed by atoms with van der Waals surface area (Å²) in [6.07, 6.45) is -2.66. The molecule has 0 aliphatic carbocycles. The molecule has 0 amide bonds. The number of hydrogen-bond donors (Lipinski definition) is 1. The number of fused-ring (bicyclic) bond motifs is 1. The number of hydrogen-bond acceptors (Lipinski definition) is 5. The smallest absolute Gasteiger partial charge is 0.461 e. The first-order valence-electron chi connectivity index (χ1n) is 8.60. The Bertz CT molecular complexity index is 1030. The van der Waals surface area contributed by atoms with Crippen LogP contribution in [0.5, 0.6) is 5.75 Å². The fourth-order valence-corrected chi connectivity index (χ4v) is 3.25. The van der Waals surface area contributed by atoms with Gasteiger partial charge >= 0.3 is 6.36 Å². The fraction of sp³-hybridized carbons (Fsp3) is 0.263. The van der Waals surface area contributed by atoms with Crippen molar-refractivity contribution in [2.45, 2.75) is 25.9 Å². The molecule has 2 aromatic heterocycles. The van der Waals surface area contributed by atoms with Gasteiger partial charge in [0.2, 0.25) is 0 Å². The number of nitrogens with one attached hydrogen (secondary N) is 1. The van der Waals surface area contributed by atoms with Gasteiger partial charge < -0.3 is 14.1 Å². The first-order valence-corrected chi connectivity index (χ1v) is 8.60. The van der Waals surface area contributed by atoms with Crippen LogP contribution in [0.1, 0.15) is 16.8 Å². The molecule has 0 unspecified atom stereocenters. The van der Waals surface area contributed by atoms with Gasteiger partial charge in [-0.05, 0) is 29.8 Å².